The number of nitrogens with two attached hydrogens (primary N) is 1. The van der Waals surface area contributed by atoms with Crippen molar-refractivity contribution >= 4 is 18.0 Å². The standard InChI is InChI=1S/C26H40N6O2/c1-30(2)26(22-9-4-3-5-10-22)13-11-25(12-14-26)20-31(19-23(29-27)17-28-15-16-33)24(34)32(25)18-21-7-6-8-21/h3-5,9-10,17,21,33H,6-8,11-16,18-20,27H2,1-2H3. The predicted octanol–water partition coefficient (Wildman–Crippen LogP) is 2.67. The van der Waals surface area contributed by atoms with Crippen LogP contribution in [0.15, 0.2) is 40.4 Å². The van der Waals surface area contributed by atoms with Crippen molar-refractivity contribution in [3.8, 4) is 0 Å². The van der Waals surface area contributed by atoms with Crippen LogP contribution in [0, 0.1) is 5.92 Å². The second-order valence-corrected chi connectivity index (χ2v) is 10.4. The van der Waals surface area contributed by atoms with Gasteiger partial charge in [0.2, 0.25) is 0 Å². The zero-order valence-corrected chi connectivity index (χ0v) is 20.7. The third kappa shape index (κ3) is 4.70. The molecule has 0 bridgehead atoms. The van der Waals surface area contributed by atoms with E-state index >= 15 is 0 Å². The summed E-state index contributed by atoms with van der Waals surface area (Å²) in [5.41, 5.74) is 1.76. The Morgan fingerprint density at radius 3 is 2.47 bits per heavy atom. The van der Waals surface area contributed by atoms with Crippen LogP contribution < -0.4 is 5.84 Å². The van der Waals surface area contributed by atoms with Crippen LogP contribution in [-0.2, 0) is 5.54 Å². The number of aliphatic imine (C=N–C) groups is 1. The lowest BCUT2D eigenvalue weighted by Gasteiger charge is -2.51. The number of rotatable bonds is 9. The lowest BCUT2D eigenvalue weighted by Crippen LogP contribution is -2.56. The van der Waals surface area contributed by atoms with E-state index in [9.17, 15) is 4.79 Å². The molecule has 0 radical (unpaired) electrons. The van der Waals surface area contributed by atoms with Gasteiger partial charge in [0.25, 0.3) is 0 Å². The molecule has 34 heavy (non-hydrogen) atoms. The summed E-state index contributed by atoms with van der Waals surface area (Å²) in [6.45, 7) is 2.18. The van der Waals surface area contributed by atoms with Crippen molar-refractivity contribution in [1.82, 2.24) is 14.7 Å². The van der Waals surface area contributed by atoms with E-state index in [1.165, 1.54) is 24.8 Å². The Balaban J connectivity index is 1.55. The zero-order chi connectivity index (χ0) is 24.2. The monoisotopic (exact) mass is 468 g/mol. The van der Waals surface area contributed by atoms with Gasteiger partial charge in [0.1, 0.15) is 0 Å². The van der Waals surface area contributed by atoms with E-state index in [-0.39, 0.29) is 23.7 Å². The summed E-state index contributed by atoms with van der Waals surface area (Å²) in [5.74, 6) is 6.22. The van der Waals surface area contributed by atoms with Crippen molar-refractivity contribution in [2.45, 2.75) is 56.0 Å². The first-order chi connectivity index (χ1) is 16.4. The van der Waals surface area contributed by atoms with E-state index in [4.69, 9.17) is 10.9 Å². The highest BCUT2D eigenvalue weighted by atomic mass is 16.3. The smallest absolute Gasteiger partial charge is 0.320 e. The van der Waals surface area contributed by atoms with Crippen LogP contribution in [0.1, 0.15) is 50.5 Å². The Labute approximate surface area is 203 Å². The summed E-state index contributed by atoms with van der Waals surface area (Å²) < 4.78 is 0. The average molecular weight is 469 g/mol. The van der Waals surface area contributed by atoms with Crippen molar-refractivity contribution in [3.63, 3.8) is 0 Å². The summed E-state index contributed by atoms with van der Waals surface area (Å²) in [5, 5.41) is 12.9. The number of hydrogen-bond donors (Lipinski definition) is 2. The minimum Gasteiger partial charge on any atom is -0.394 e. The first kappa shape index (κ1) is 24.7. The lowest BCUT2D eigenvalue weighted by atomic mass is 9.68. The van der Waals surface area contributed by atoms with Crippen LogP contribution in [-0.4, -0.2) is 90.2 Å². The molecule has 2 aliphatic carbocycles. The fourth-order valence-electron chi connectivity index (χ4n) is 6.05. The van der Waals surface area contributed by atoms with Crippen molar-refractivity contribution in [1.29, 1.82) is 0 Å². The summed E-state index contributed by atoms with van der Waals surface area (Å²) in [4.78, 5) is 24.3. The molecule has 0 aromatic heterocycles. The van der Waals surface area contributed by atoms with Gasteiger partial charge in [0.15, 0.2) is 0 Å². The molecule has 2 amide bonds. The molecule has 186 valence electrons. The van der Waals surface area contributed by atoms with Crippen molar-refractivity contribution in [3.05, 3.63) is 35.9 Å². The van der Waals surface area contributed by atoms with Gasteiger partial charge in [-0.3, -0.25) is 9.89 Å². The average Bonchev–Trinajstić information content (AvgIpc) is 3.06. The van der Waals surface area contributed by atoms with Gasteiger partial charge in [0, 0.05) is 24.8 Å². The number of aliphatic hydroxyl groups excluding tert-OH is 1. The van der Waals surface area contributed by atoms with Crippen LogP contribution in [0.2, 0.25) is 0 Å². The SMILES string of the molecule is CN(C)C1(c2ccccc2)CCC2(CC1)CN(CC(C=NCCO)=NN)C(=O)N2CC1CCC1. The molecule has 3 aliphatic rings. The topological polar surface area (TPSA) is 97.8 Å². The van der Waals surface area contributed by atoms with Crippen LogP contribution in [0.25, 0.3) is 0 Å². The van der Waals surface area contributed by atoms with Crippen molar-refractivity contribution < 1.29 is 9.90 Å². The molecule has 2 saturated carbocycles. The third-order valence-electron chi connectivity index (χ3n) is 8.39. The van der Waals surface area contributed by atoms with Crippen LogP contribution in [0.5, 0.6) is 0 Å². The molecule has 1 spiro atoms. The predicted molar refractivity (Wildman–Crippen MR) is 136 cm³/mol. The number of aliphatic hydroxyl groups is 1. The van der Waals surface area contributed by atoms with Crippen LogP contribution >= 0.6 is 0 Å². The molecule has 4 rings (SSSR count). The number of benzene rings is 1. The van der Waals surface area contributed by atoms with Gasteiger partial charge < -0.3 is 20.7 Å². The Bertz CT molecular complexity index is 888. The van der Waals surface area contributed by atoms with Crippen LogP contribution in [0.4, 0.5) is 4.79 Å². The molecule has 3 N–H and O–H groups in total. The summed E-state index contributed by atoms with van der Waals surface area (Å²) in [6.07, 6.45) is 9.27. The number of nitrogens with zero attached hydrogens (tertiary/aromatic N) is 5. The van der Waals surface area contributed by atoms with Gasteiger partial charge in [0.05, 0.1) is 30.9 Å². The first-order valence-corrected chi connectivity index (χ1v) is 12.6. The highest BCUT2D eigenvalue weighted by Crippen LogP contribution is 2.49. The molecule has 1 aromatic carbocycles. The highest BCUT2D eigenvalue weighted by molar-refractivity contribution is 6.31. The fraction of sp³-hybridized carbons (Fsp3) is 0.654. The first-order valence-electron chi connectivity index (χ1n) is 12.6. The number of carbonyl (C=O) groups excluding carboxylic acids is 1. The maximum absolute atomic E-state index is 13.7. The third-order valence-corrected chi connectivity index (χ3v) is 8.39. The number of hydrogen-bond acceptors (Lipinski definition) is 6. The van der Waals surface area contributed by atoms with E-state index in [2.05, 4.69) is 64.3 Å². The molecular weight excluding hydrogens is 428 g/mol. The van der Waals surface area contributed by atoms with Gasteiger partial charge in [-0.05, 0) is 64.1 Å². The van der Waals surface area contributed by atoms with Gasteiger partial charge in [-0.2, -0.15) is 5.10 Å². The maximum atomic E-state index is 13.7. The van der Waals surface area contributed by atoms with Gasteiger partial charge in [-0.15, -0.1) is 0 Å². The molecule has 8 heteroatoms. The number of carbonyl (C=O) groups is 1. The number of amides is 2. The van der Waals surface area contributed by atoms with E-state index in [0.717, 1.165) is 32.2 Å². The summed E-state index contributed by atoms with van der Waals surface area (Å²) >= 11 is 0. The summed E-state index contributed by atoms with van der Waals surface area (Å²) in [7, 11) is 4.36. The Hall–Kier alpha value is -2.45. The minimum atomic E-state index is -0.150. The largest absolute Gasteiger partial charge is 0.394 e. The molecule has 1 aromatic rings. The molecular formula is C26H40N6O2. The lowest BCUT2D eigenvalue weighted by molar-refractivity contribution is 0.0161. The van der Waals surface area contributed by atoms with E-state index in [1.54, 1.807) is 6.21 Å². The van der Waals surface area contributed by atoms with E-state index in [1.807, 2.05) is 4.90 Å². The van der Waals surface area contributed by atoms with Crippen molar-refractivity contribution in [2.75, 3.05) is 46.9 Å². The fourth-order valence-corrected chi connectivity index (χ4v) is 6.05. The molecule has 1 heterocycles. The van der Waals surface area contributed by atoms with Crippen molar-refractivity contribution in [2.24, 2.45) is 21.9 Å². The molecule has 0 atom stereocenters. The quantitative estimate of drug-likeness (QED) is 0.331. The van der Waals surface area contributed by atoms with E-state index < -0.39 is 0 Å². The minimum absolute atomic E-state index is 0.00799. The molecule has 8 nitrogen and oxygen atoms in total. The Morgan fingerprint density at radius 2 is 1.91 bits per heavy atom. The van der Waals surface area contributed by atoms with Gasteiger partial charge >= 0.3 is 6.03 Å². The highest BCUT2D eigenvalue weighted by Gasteiger charge is 2.54. The van der Waals surface area contributed by atoms with E-state index in [0.29, 0.717) is 31.3 Å². The molecule has 3 fully saturated rings. The maximum Gasteiger partial charge on any atom is 0.320 e. The van der Waals surface area contributed by atoms with Crippen LogP contribution in [0.3, 0.4) is 0 Å². The molecule has 0 unspecified atom stereocenters. The molecule has 1 saturated heterocycles. The zero-order valence-electron chi connectivity index (χ0n) is 20.7. The van der Waals surface area contributed by atoms with Gasteiger partial charge in [-0.25, -0.2) is 4.79 Å². The normalized spacial score (nSPS) is 28.5. The number of urea groups is 1. The Kier molecular flexibility index (Phi) is 7.57. The Morgan fingerprint density at radius 1 is 1.21 bits per heavy atom. The van der Waals surface area contributed by atoms with Gasteiger partial charge in [-0.1, -0.05) is 36.8 Å². The molecule has 1 aliphatic heterocycles. The number of hydrazone groups is 1. The summed E-state index contributed by atoms with van der Waals surface area (Å²) in [6, 6.07) is 10.9. The second kappa shape index (κ2) is 10.4. The second-order valence-electron chi connectivity index (χ2n) is 10.4.